The van der Waals surface area contributed by atoms with Gasteiger partial charge in [-0.15, -0.1) is 0 Å². The van der Waals surface area contributed by atoms with Crippen molar-refractivity contribution < 1.29 is 16.0 Å². The lowest BCUT2D eigenvalue weighted by atomic mass is 9.66. The van der Waals surface area contributed by atoms with Crippen LogP contribution in [0.2, 0.25) is 0 Å². The highest BCUT2D eigenvalue weighted by Crippen LogP contribution is 2.44. The normalized spacial score (nSPS) is 21.7. The Hall–Kier alpha value is -2.68. The van der Waals surface area contributed by atoms with Crippen LogP contribution in [0.1, 0.15) is 46.9 Å². The number of piperidine rings is 1. The molecular formula is C22H29F3N6. The van der Waals surface area contributed by atoms with E-state index < -0.39 is 11.7 Å². The van der Waals surface area contributed by atoms with Gasteiger partial charge in [-0.05, 0) is 43.5 Å². The third-order valence-electron chi connectivity index (χ3n) is 6.93. The van der Waals surface area contributed by atoms with E-state index in [1.54, 1.807) is 18.3 Å². The van der Waals surface area contributed by atoms with E-state index in [2.05, 4.69) is 25.1 Å². The Labute approximate surface area is 181 Å². The number of nitrogens with zero attached hydrogens (tertiary/aromatic N) is 4. The SMILES string of the molecule is NC1CCN(c2ccc(C(F)(F)F)c(-c3[nH]nc4ncccc34)n2)CC12CCCCC2.[HH].[HH]. The number of anilines is 1. The minimum atomic E-state index is -4.53. The summed E-state index contributed by atoms with van der Waals surface area (Å²) in [5.41, 5.74) is 6.21. The summed E-state index contributed by atoms with van der Waals surface area (Å²) in [6.45, 7) is 1.42. The highest BCUT2D eigenvalue weighted by Gasteiger charge is 2.43. The molecule has 1 saturated carbocycles. The molecule has 0 radical (unpaired) electrons. The highest BCUT2D eigenvalue weighted by atomic mass is 19.4. The summed E-state index contributed by atoms with van der Waals surface area (Å²) in [5.74, 6) is 0.548. The first kappa shape index (κ1) is 20.2. The van der Waals surface area contributed by atoms with E-state index in [1.807, 2.05) is 0 Å². The van der Waals surface area contributed by atoms with E-state index in [0.717, 1.165) is 44.7 Å². The Bertz CT molecular complexity index is 1100. The molecule has 168 valence electrons. The quantitative estimate of drug-likeness (QED) is 0.592. The number of hydrogen-bond acceptors (Lipinski definition) is 5. The zero-order valence-electron chi connectivity index (χ0n) is 17.1. The lowest BCUT2D eigenvalue weighted by Gasteiger charge is -2.49. The fourth-order valence-electron chi connectivity index (χ4n) is 5.23. The number of aromatic amines is 1. The van der Waals surface area contributed by atoms with E-state index in [1.165, 1.54) is 12.5 Å². The first-order valence-corrected chi connectivity index (χ1v) is 10.8. The van der Waals surface area contributed by atoms with Gasteiger partial charge in [-0.25, -0.2) is 9.97 Å². The van der Waals surface area contributed by atoms with Gasteiger partial charge < -0.3 is 10.6 Å². The number of nitrogens with two attached hydrogens (primary N) is 1. The number of halogens is 3. The van der Waals surface area contributed by atoms with Gasteiger partial charge in [0, 0.05) is 39.0 Å². The molecule has 1 unspecified atom stereocenters. The van der Waals surface area contributed by atoms with Crippen LogP contribution in [0.4, 0.5) is 19.0 Å². The van der Waals surface area contributed by atoms with Crippen LogP contribution >= 0.6 is 0 Å². The maximum Gasteiger partial charge on any atom is 0.418 e. The van der Waals surface area contributed by atoms with Gasteiger partial charge in [0.15, 0.2) is 5.65 Å². The summed E-state index contributed by atoms with van der Waals surface area (Å²) in [7, 11) is 0. The van der Waals surface area contributed by atoms with Crippen LogP contribution in [-0.2, 0) is 6.18 Å². The summed E-state index contributed by atoms with van der Waals surface area (Å²) in [6, 6.07) is 6.11. The molecule has 3 aromatic heterocycles. The van der Waals surface area contributed by atoms with Crippen molar-refractivity contribution in [3.63, 3.8) is 0 Å². The second-order valence-electron chi connectivity index (χ2n) is 8.78. The molecular weight excluding hydrogens is 405 g/mol. The third kappa shape index (κ3) is 3.54. The van der Waals surface area contributed by atoms with Crippen LogP contribution < -0.4 is 10.6 Å². The van der Waals surface area contributed by atoms with Crippen molar-refractivity contribution in [2.24, 2.45) is 11.1 Å². The van der Waals surface area contributed by atoms with Gasteiger partial charge in [-0.2, -0.15) is 18.3 Å². The lowest BCUT2D eigenvalue weighted by molar-refractivity contribution is -0.137. The molecule has 1 aliphatic heterocycles. The zero-order chi connectivity index (χ0) is 21.6. The van der Waals surface area contributed by atoms with Gasteiger partial charge in [0.2, 0.25) is 0 Å². The van der Waals surface area contributed by atoms with Crippen LogP contribution in [0.5, 0.6) is 0 Å². The number of aromatic nitrogens is 4. The molecule has 1 spiro atoms. The predicted octanol–water partition coefficient (Wildman–Crippen LogP) is 5.02. The minimum absolute atomic E-state index is 0. The van der Waals surface area contributed by atoms with Gasteiger partial charge >= 0.3 is 6.18 Å². The minimum Gasteiger partial charge on any atom is -0.356 e. The van der Waals surface area contributed by atoms with E-state index in [4.69, 9.17) is 5.73 Å². The summed E-state index contributed by atoms with van der Waals surface area (Å²) in [5, 5.41) is 7.30. The molecule has 1 atom stereocenters. The second-order valence-corrected chi connectivity index (χ2v) is 8.78. The van der Waals surface area contributed by atoms with Crippen LogP contribution in [0.3, 0.4) is 0 Å². The standard InChI is InChI=1S/C22H25F3N6.2H2/c23-22(24,25)15-6-7-17(28-19(15)18-14-5-4-11-27-20(14)30-29-18)31-12-8-16(26)21(13-31)9-2-1-3-10-21;;/h4-7,11,16H,1-3,8-10,12-13,26H2,(H,27,29,30);2*1H. The number of H-pyrrole nitrogens is 1. The second kappa shape index (κ2) is 7.47. The number of pyridine rings is 2. The lowest BCUT2D eigenvalue weighted by Crippen LogP contribution is -2.56. The molecule has 0 bridgehead atoms. The van der Waals surface area contributed by atoms with Crippen molar-refractivity contribution in [3.05, 3.63) is 36.0 Å². The summed E-state index contributed by atoms with van der Waals surface area (Å²) >= 11 is 0. The van der Waals surface area contributed by atoms with Crippen molar-refractivity contribution in [3.8, 4) is 11.4 Å². The van der Waals surface area contributed by atoms with Crippen LogP contribution in [0.25, 0.3) is 22.4 Å². The Kier molecular flexibility index (Phi) is 4.88. The Morgan fingerprint density at radius 2 is 1.97 bits per heavy atom. The van der Waals surface area contributed by atoms with E-state index in [9.17, 15) is 13.2 Å². The molecule has 9 heteroatoms. The fraction of sp³-hybridized carbons (Fsp3) is 0.500. The predicted molar refractivity (Wildman–Crippen MR) is 117 cm³/mol. The largest absolute Gasteiger partial charge is 0.418 e. The average Bonchev–Trinajstić information content (AvgIpc) is 3.19. The van der Waals surface area contributed by atoms with Crippen LogP contribution in [0, 0.1) is 5.41 Å². The molecule has 1 saturated heterocycles. The molecule has 2 fully saturated rings. The van der Waals surface area contributed by atoms with Crippen molar-refractivity contribution in [2.45, 2.75) is 50.7 Å². The highest BCUT2D eigenvalue weighted by molar-refractivity contribution is 5.90. The molecule has 0 amide bonds. The smallest absolute Gasteiger partial charge is 0.356 e. The molecule has 1 aliphatic carbocycles. The number of alkyl halides is 3. The summed E-state index contributed by atoms with van der Waals surface area (Å²) in [4.78, 5) is 10.8. The maximum absolute atomic E-state index is 13.8. The number of hydrogen-bond donors (Lipinski definition) is 2. The van der Waals surface area contributed by atoms with E-state index >= 15 is 0 Å². The fourth-order valence-corrected chi connectivity index (χ4v) is 5.23. The third-order valence-corrected chi connectivity index (χ3v) is 6.93. The van der Waals surface area contributed by atoms with Crippen LogP contribution in [-0.4, -0.2) is 39.3 Å². The number of fused-ring (bicyclic) bond motifs is 1. The first-order chi connectivity index (χ1) is 14.9. The maximum atomic E-state index is 13.8. The van der Waals surface area contributed by atoms with Gasteiger partial charge in [0.1, 0.15) is 11.5 Å². The number of nitrogens with one attached hydrogen (secondary N) is 1. The van der Waals surface area contributed by atoms with Crippen molar-refractivity contribution in [1.29, 1.82) is 0 Å². The summed E-state index contributed by atoms with van der Waals surface area (Å²) in [6.07, 6.45) is 3.50. The van der Waals surface area contributed by atoms with Crippen LogP contribution in [0.15, 0.2) is 30.5 Å². The monoisotopic (exact) mass is 434 g/mol. The van der Waals surface area contributed by atoms with E-state index in [0.29, 0.717) is 23.4 Å². The molecule has 5 rings (SSSR count). The number of rotatable bonds is 2. The molecule has 4 heterocycles. The zero-order valence-corrected chi connectivity index (χ0v) is 17.1. The van der Waals surface area contributed by atoms with Gasteiger partial charge in [0.05, 0.1) is 11.3 Å². The molecule has 3 aromatic rings. The van der Waals surface area contributed by atoms with Crippen molar-refractivity contribution in [1.82, 2.24) is 20.2 Å². The topological polar surface area (TPSA) is 83.7 Å². The van der Waals surface area contributed by atoms with Gasteiger partial charge in [-0.1, -0.05) is 19.3 Å². The Morgan fingerprint density at radius 3 is 2.74 bits per heavy atom. The Balaban J connectivity index is 0.00000153. The Morgan fingerprint density at radius 1 is 1.16 bits per heavy atom. The molecule has 2 aliphatic rings. The van der Waals surface area contributed by atoms with Crippen molar-refractivity contribution >= 4 is 16.9 Å². The van der Waals surface area contributed by atoms with Gasteiger partial charge in [-0.3, -0.25) is 5.10 Å². The molecule has 3 N–H and O–H groups in total. The summed E-state index contributed by atoms with van der Waals surface area (Å²) < 4.78 is 41.5. The average molecular weight is 435 g/mol. The molecule has 6 nitrogen and oxygen atoms in total. The molecule has 0 aromatic carbocycles. The van der Waals surface area contributed by atoms with E-state index in [-0.39, 0.29) is 25.7 Å². The van der Waals surface area contributed by atoms with Crippen molar-refractivity contribution in [2.75, 3.05) is 18.0 Å². The first-order valence-electron chi connectivity index (χ1n) is 10.8. The van der Waals surface area contributed by atoms with Gasteiger partial charge in [0.25, 0.3) is 0 Å². The molecule has 31 heavy (non-hydrogen) atoms.